The van der Waals surface area contributed by atoms with Crippen LogP contribution in [0.25, 0.3) is 0 Å². The molecule has 6 nitrogen and oxygen atoms in total. The molecule has 6 heteroatoms. The lowest BCUT2D eigenvalue weighted by molar-refractivity contribution is 0.295. The van der Waals surface area contributed by atoms with Crippen LogP contribution in [0.2, 0.25) is 0 Å². The van der Waals surface area contributed by atoms with Gasteiger partial charge in [0.1, 0.15) is 12.4 Å². The van der Waals surface area contributed by atoms with E-state index in [2.05, 4.69) is 26.3 Å². The first-order valence-corrected chi connectivity index (χ1v) is 8.03. The van der Waals surface area contributed by atoms with Crippen molar-refractivity contribution in [1.82, 2.24) is 15.0 Å². The van der Waals surface area contributed by atoms with Crippen molar-refractivity contribution >= 4 is 17.6 Å². The average molecular weight is 335 g/mol. The fraction of sp³-hybridized carbons (Fsp3) is 0.211. The molecule has 0 spiro atoms. The van der Waals surface area contributed by atoms with Gasteiger partial charge in [0.25, 0.3) is 0 Å². The minimum atomic E-state index is 0.156. The number of nitrogen functional groups attached to an aromatic ring is 1. The smallest absolute Gasteiger partial charge is 0.232 e. The van der Waals surface area contributed by atoms with Gasteiger partial charge in [-0.25, -0.2) is 0 Å². The maximum absolute atomic E-state index is 5.80. The summed E-state index contributed by atoms with van der Waals surface area (Å²) in [5.74, 6) is 1.81. The van der Waals surface area contributed by atoms with Gasteiger partial charge in [-0.3, -0.25) is 0 Å². The summed E-state index contributed by atoms with van der Waals surface area (Å²) in [5.41, 5.74) is 10.2. The van der Waals surface area contributed by atoms with Gasteiger partial charge in [0.2, 0.25) is 11.9 Å². The molecule has 3 N–H and O–H groups in total. The highest BCUT2D eigenvalue weighted by Gasteiger charge is 2.07. The quantitative estimate of drug-likeness (QED) is 0.739. The zero-order valence-electron chi connectivity index (χ0n) is 14.6. The van der Waals surface area contributed by atoms with Crippen molar-refractivity contribution in [1.29, 1.82) is 0 Å². The molecule has 2 aromatic carbocycles. The van der Waals surface area contributed by atoms with E-state index in [0.29, 0.717) is 11.8 Å². The Bertz CT molecular complexity index is 857. The fourth-order valence-corrected chi connectivity index (χ4v) is 2.49. The molecule has 0 fully saturated rings. The van der Waals surface area contributed by atoms with E-state index in [1.54, 1.807) is 0 Å². The number of benzene rings is 2. The molecule has 0 aliphatic heterocycles. The van der Waals surface area contributed by atoms with Crippen LogP contribution in [-0.4, -0.2) is 15.0 Å². The summed E-state index contributed by atoms with van der Waals surface area (Å²) in [4.78, 5) is 12.6. The third-order valence-corrected chi connectivity index (χ3v) is 3.57. The van der Waals surface area contributed by atoms with E-state index in [9.17, 15) is 0 Å². The normalized spacial score (nSPS) is 10.5. The number of aromatic nitrogens is 3. The Morgan fingerprint density at radius 2 is 1.56 bits per heavy atom. The van der Waals surface area contributed by atoms with Gasteiger partial charge >= 0.3 is 0 Å². The van der Waals surface area contributed by atoms with Crippen LogP contribution in [0.1, 0.15) is 22.5 Å². The second-order valence-corrected chi connectivity index (χ2v) is 6.04. The minimum Gasteiger partial charge on any atom is -0.486 e. The summed E-state index contributed by atoms with van der Waals surface area (Å²) in [6.45, 7) is 6.32. The van der Waals surface area contributed by atoms with Crippen molar-refractivity contribution in [3.8, 4) is 5.75 Å². The Morgan fingerprint density at radius 3 is 2.24 bits per heavy atom. The van der Waals surface area contributed by atoms with Crippen LogP contribution in [0.5, 0.6) is 5.75 Å². The van der Waals surface area contributed by atoms with E-state index < -0.39 is 0 Å². The Balaban J connectivity index is 1.73. The van der Waals surface area contributed by atoms with Crippen molar-refractivity contribution in [2.24, 2.45) is 0 Å². The maximum Gasteiger partial charge on any atom is 0.232 e. The second kappa shape index (κ2) is 7.17. The number of anilines is 3. The highest BCUT2D eigenvalue weighted by molar-refractivity contribution is 5.54. The van der Waals surface area contributed by atoms with Gasteiger partial charge < -0.3 is 15.8 Å². The van der Waals surface area contributed by atoms with E-state index in [-0.39, 0.29) is 12.6 Å². The molecule has 0 bridgehead atoms. The third kappa shape index (κ3) is 4.67. The predicted octanol–water partition coefficient (Wildman–Crippen LogP) is 3.70. The van der Waals surface area contributed by atoms with E-state index in [4.69, 9.17) is 10.5 Å². The Labute approximate surface area is 147 Å². The van der Waals surface area contributed by atoms with Crippen LogP contribution in [0.15, 0.2) is 42.5 Å². The van der Waals surface area contributed by atoms with E-state index in [1.165, 1.54) is 5.56 Å². The fourth-order valence-electron chi connectivity index (χ4n) is 2.49. The van der Waals surface area contributed by atoms with Gasteiger partial charge in [0.15, 0.2) is 5.82 Å². The molecule has 0 saturated heterocycles. The largest absolute Gasteiger partial charge is 0.486 e. The van der Waals surface area contributed by atoms with Gasteiger partial charge in [-0.05, 0) is 56.2 Å². The summed E-state index contributed by atoms with van der Waals surface area (Å²) < 4.78 is 5.79. The number of nitrogens with two attached hydrogens (primary N) is 1. The third-order valence-electron chi connectivity index (χ3n) is 3.57. The van der Waals surface area contributed by atoms with Crippen LogP contribution in [0, 0.1) is 20.8 Å². The van der Waals surface area contributed by atoms with Crippen molar-refractivity contribution in [3.05, 3.63) is 65.0 Å². The number of nitrogens with zero attached hydrogens (tertiary/aromatic N) is 3. The molecular weight excluding hydrogens is 314 g/mol. The van der Waals surface area contributed by atoms with Crippen molar-refractivity contribution in [3.63, 3.8) is 0 Å². The summed E-state index contributed by atoms with van der Waals surface area (Å²) in [5, 5.41) is 3.13. The first kappa shape index (κ1) is 16.7. The molecular formula is C19H21N5O. The van der Waals surface area contributed by atoms with Gasteiger partial charge in [-0.1, -0.05) is 23.8 Å². The van der Waals surface area contributed by atoms with Gasteiger partial charge in [0.05, 0.1) is 0 Å². The van der Waals surface area contributed by atoms with Crippen molar-refractivity contribution < 1.29 is 4.74 Å². The Morgan fingerprint density at radius 1 is 0.880 bits per heavy atom. The molecule has 1 aromatic heterocycles. The zero-order chi connectivity index (χ0) is 17.8. The molecule has 0 saturated carbocycles. The van der Waals surface area contributed by atoms with E-state index >= 15 is 0 Å². The Kier molecular flexibility index (Phi) is 4.79. The van der Waals surface area contributed by atoms with E-state index in [0.717, 1.165) is 22.6 Å². The summed E-state index contributed by atoms with van der Waals surface area (Å²) in [6.07, 6.45) is 0. The molecule has 0 aliphatic rings. The number of nitrogens with one attached hydrogen (secondary N) is 1. The molecule has 3 rings (SSSR count). The average Bonchev–Trinajstić information content (AvgIpc) is 2.54. The van der Waals surface area contributed by atoms with Gasteiger partial charge in [0, 0.05) is 5.69 Å². The summed E-state index contributed by atoms with van der Waals surface area (Å²) >= 11 is 0. The highest BCUT2D eigenvalue weighted by Crippen LogP contribution is 2.18. The first-order chi connectivity index (χ1) is 12.0. The molecule has 1 heterocycles. The zero-order valence-corrected chi connectivity index (χ0v) is 14.6. The number of aryl methyl sites for hydroxylation is 3. The first-order valence-electron chi connectivity index (χ1n) is 8.03. The van der Waals surface area contributed by atoms with Crippen molar-refractivity contribution in [2.75, 3.05) is 11.1 Å². The van der Waals surface area contributed by atoms with Crippen LogP contribution < -0.4 is 15.8 Å². The second-order valence-electron chi connectivity index (χ2n) is 6.04. The minimum absolute atomic E-state index is 0.156. The molecule has 0 radical (unpaired) electrons. The van der Waals surface area contributed by atoms with Crippen LogP contribution >= 0.6 is 0 Å². The molecule has 0 unspecified atom stereocenters. The number of hydrogen-bond donors (Lipinski definition) is 2. The molecule has 25 heavy (non-hydrogen) atoms. The highest BCUT2D eigenvalue weighted by atomic mass is 16.5. The van der Waals surface area contributed by atoms with Crippen LogP contribution in [0.3, 0.4) is 0 Å². The molecule has 0 amide bonds. The SMILES string of the molecule is Cc1ccc(Nc2nc(N)nc(COc3cc(C)cc(C)c3)n2)cc1. The molecule has 3 aromatic rings. The lowest BCUT2D eigenvalue weighted by Crippen LogP contribution is -2.09. The lowest BCUT2D eigenvalue weighted by atomic mass is 10.1. The monoisotopic (exact) mass is 335 g/mol. The van der Waals surface area contributed by atoms with Gasteiger partial charge in [-0.15, -0.1) is 0 Å². The predicted molar refractivity (Wildman–Crippen MR) is 98.9 cm³/mol. The number of rotatable bonds is 5. The molecule has 0 atom stereocenters. The number of hydrogen-bond acceptors (Lipinski definition) is 6. The Hall–Kier alpha value is -3.15. The maximum atomic E-state index is 5.80. The van der Waals surface area contributed by atoms with Crippen molar-refractivity contribution in [2.45, 2.75) is 27.4 Å². The van der Waals surface area contributed by atoms with Gasteiger partial charge in [-0.2, -0.15) is 15.0 Å². The standard InChI is InChI=1S/C19H21N5O/c1-12-4-6-15(7-5-12)21-19-23-17(22-18(20)24-19)11-25-16-9-13(2)8-14(3)10-16/h4-10H,11H2,1-3H3,(H3,20,21,22,23,24). The van der Waals surface area contributed by atoms with Crippen LogP contribution in [0.4, 0.5) is 17.6 Å². The number of ether oxygens (including phenoxy) is 1. The van der Waals surface area contributed by atoms with Crippen LogP contribution in [-0.2, 0) is 6.61 Å². The topological polar surface area (TPSA) is 86.0 Å². The molecule has 0 aliphatic carbocycles. The van der Waals surface area contributed by atoms with E-state index in [1.807, 2.05) is 57.2 Å². The molecule has 128 valence electrons. The summed E-state index contributed by atoms with van der Waals surface area (Å²) in [7, 11) is 0. The lowest BCUT2D eigenvalue weighted by Gasteiger charge is -2.10. The summed E-state index contributed by atoms with van der Waals surface area (Å²) in [6, 6.07) is 14.0.